The van der Waals surface area contributed by atoms with Gasteiger partial charge in [-0.15, -0.1) is 0 Å². The van der Waals surface area contributed by atoms with E-state index in [0.29, 0.717) is 36.1 Å². The maximum atomic E-state index is 13.7. The third kappa shape index (κ3) is 4.23. The van der Waals surface area contributed by atoms with Crippen molar-refractivity contribution in [3.05, 3.63) is 59.7 Å². The zero-order valence-corrected chi connectivity index (χ0v) is 17.3. The fourth-order valence-electron chi connectivity index (χ4n) is 3.71. The van der Waals surface area contributed by atoms with Gasteiger partial charge in [-0.3, -0.25) is 0 Å². The van der Waals surface area contributed by atoms with Crippen LogP contribution in [0.25, 0.3) is 11.4 Å². The Morgan fingerprint density at radius 1 is 1.10 bits per heavy atom. The molecule has 1 aliphatic carbocycles. The Morgan fingerprint density at radius 3 is 2.52 bits per heavy atom. The van der Waals surface area contributed by atoms with E-state index in [0.717, 1.165) is 43.1 Å². The summed E-state index contributed by atoms with van der Waals surface area (Å²) in [6.45, 7) is 4.33. The van der Waals surface area contributed by atoms with Crippen molar-refractivity contribution >= 4 is 17.4 Å². The monoisotopic (exact) mass is 421 g/mol. The summed E-state index contributed by atoms with van der Waals surface area (Å²) in [5, 5.41) is 6.87. The lowest BCUT2D eigenvalue weighted by Gasteiger charge is -2.36. The fraction of sp³-hybridized carbons (Fsp3) is 0.348. The quantitative estimate of drug-likeness (QED) is 0.675. The number of rotatable bonds is 4. The van der Waals surface area contributed by atoms with Gasteiger partial charge in [-0.05, 0) is 61.7 Å². The molecule has 2 heterocycles. The lowest BCUT2D eigenvalue weighted by atomic mass is 10.1. The fourth-order valence-corrected chi connectivity index (χ4v) is 3.71. The number of aryl methyl sites for hydroxylation is 1. The third-order valence-electron chi connectivity index (χ3n) is 5.85. The highest BCUT2D eigenvalue weighted by molar-refractivity contribution is 5.89. The summed E-state index contributed by atoms with van der Waals surface area (Å²) in [6.07, 6.45) is 2.26. The number of amides is 2. The molecule has 1 saturated heterocycles. The number of piperazine rings is 1. The molecule has 0 bridgehead atoms. The van der Waals surface area contributed by atoms with Crippen LogP contribution in [0, 0.1) is 12.7 Å². The van der Waals surface area contributed by atoms with E-state index in [1.165, 1.54) is 6.07 Å². The molecule has 0 radical (unpaired) electrons. The van der Waals surface area contributed by atoms with E-state index >= 15 is 0 Å². The first-order valence-corrected chi connectivity index (χ1v) is 10.6. The number of anilines is 2. The molecule has 2 aromatic carbocycles. The van der Waals surface area contributed by atoms with Gasteiger partial charge in [0.25, 0.3) is 0 Å². The van der Waals surface area contributed by atoms with Crippen molar-refractivity contribution in [3.8, 4) is 11.4 Å². The van der Waals surface area contributed by atoms with Crippen LogP contribution in [-0.2, 0) is 0 Å². The predicted molar refractivity (Wildman–Crippen MR) is 116 cm³/mol. The van der Waals surface area contributed by atoms with Gasteiger partial charge in [-0.1, -0.05) is 11.2 Å². The molecule has 5 rings (SSSR count). The number of carbonyl (C=O) groups is 1. The molecule has 0 spiro atoms. The molecular formula is C23H24FN5O2. The predicted octanol–water partition coefficient (Wildman–Crippen LogP) is 4.42. The zero-order chi connectivity index (χ0) is 21.4. The average Bonchev–Trinajstić information content (AvgIpc) is 3.53. The molecule has 8 heteroatoms. The Balaban J connectivity index is 1.17. The highest BCUT2D eigenvalue weighted by Gasteiger charge is 2.29. The Hall–Kier alpha value is -3.42. The van der Waals surface area contributed by atoms with Crippen molar-refractivity contribution < 1.29 is 13.7 Å². The van der Waals surface area contributed by atoms with Crippen LogP contribution in [0.2, 0.25) is 0 Å². The molecule has 31 heavy (non-hydrogen) atoms. The number of carbonyl (C=O) groups excluding carboxylic acids is 1. The van der Waals surface area contributed by atoms with E-state index in [-0.39, 0.29) is 11.8 Å². The molecule has 2 aliphatic rings. The highest BCUT2D eigenvalue weighted by Crippen LogP contribution is 2.39. The molecule has 1 aliphatic heterocycles. The van der Waals surface area contributed by atoms with Crippen molar-refractivity contribution in [1.82, 2.24) is 15.0 Å². The van der Waals surface area contributed by atoms with E-state index in [9.17, 15) is 9.18 Å². The normalized spacial score (nSPS) is 16.5. The summed E-state index contributed by atoms with van der Waals surface area (Å²) < 4.78 is 19.0. The average molecular weight is 421 g/mol. The largest absolute Gasteiger partial charge is 0.368 e. The van der Waals surface area contributed by atoms with Crippen LogP contribution in [0.4, 0.5) is 20.6 Å². The molecule has 3 aromatic rings. The Morgan fingerprint density at radius 2 is 1.84 bits per heavy atom. The van der Waals surface area contributed by atoms with Gasteiger partial charge in [0.05, 0.1) is 0 Å². The molecule has 1 N–H and O–H groups in total. The van der Waals surface area contributed by atoms with Gasteiger partial charge < -0.3 is 19.6 Å². The molecule has 7 nitrogen and oxygen atoms in total. The summed E-state index contributed by atoms with van der Waals surface area (Å²) in [7, 11) is 0. The first-order chi connectivity index (χ1) is 15.1. The number of hydrogen-bond acceptors (Lipinski definition) is 5. The molecule has 0 atom stereocenters. The van der Waals surface area contributed by atoms with Crippen molar-refractivity contribution in [3.63, 3.8) is 0 Å². The number of aromatic nitrogens is 2. The minimum absolute atomic E-state index is 0.207. The van der Waals surface area contributed by atoms with Gasteiger partial charge in [-0.2, -0.15) is 4.98 Å². The van der Waals surface area contributed by atoms with Gasteiger partial charge in [0.15, 0.2) is 0 Å². The third-order valence-corrected chi connectivity index (χ3v) is 5.85. The van der Waals surface area contributed by atoms with Crippen LogP contribution in [0.3, 0.4) is 0 Å². The molecular weight excluding hydrogens is 397 g/mol. The van der Waals surface area contributed by atoms with Crippen molar-refractivity contribution in [2.75, 3.05) is 36.4 Å². The second kappa shape index (κ2) is 8.02. The van der Waals surface area contributed by atoms with Gasteiger partial charge in [0.1, 0.15) is 5.82 Å². The number of nitrogens with zero attached hydrogens (tertiary/aromatic N) is 4. The van der Waals surface area contributed by atoms with E-state index < -0.39 is 0 Å². The second-order valence-corrected chi connectivity index (χ2v) is 8.15. The number of nitrogens with one attached hydrogen (secondary N) is 1. The maximum absolute atomic E-state index is 13.7. The van der Waals surface area contributed by atoms with Crippen LogP contribution >= 0.6 is 0 Å². The standard InChI is InChI=1S/C23H24FN5O2/c1-15-2-7-18(14-20(15)24)25-23(30)29-12-10-28(11-13-29)19-8-5-16(6-9-19)21-26-22(31-27-21)17-3-4-17/h2,5-9,14,17H,3-4,10-13H2,1H3,(H,25,30). The Bertz CT molecular complexity index is 1090. The molecule has 1 aromatic heterocycles. The second-order valence-electron chi connectivity index (χ2n) is 8.15. The van der Waals surface area contributed by atoms with Gasteiger partial charge in [0.2, 0.25) is 11.7 Å². The van der Waals surface area contributed by atoms with Gasteiger partial charge in [-0.25, -0.2) is 9.18 Å². The molecule has 160 valence electrons. The first kappa shape index (κ1) is 19.5. The Kier molecular flexibility index (Phi) is 5.05. The van der Waals surface area contributed by atoms with Crippen LogP contribution in [0.15, 0.2) is 47.0 Å². The summed E-state index contributed by atoms with van der Waals surface area (Å²) in [6, 6.07) is 12.6. The van der Waals surface area contributed by atoms with E-state index in [4.69, 9.17) is 4.52 Å². The minimum Gasteiger partial charge on any atom is -0.368 e. The van der Waals surface area contributed by atoms with Crippen LogP contribution in [0.5, 0.6) is 0 Å². The maximum Gasteiger partial charge on any atom is 0.321 e. The topological polar surface area (TPSA) is 74.5 Å². The number of halogens is 1. The van der Waals surface area contributed by atoms with E-state index in [1.54, 1.807) is 24.0 Å². The summed E-state index contributed by atoms with van der Waals surface area (Å²) in [5.74, 6) is 1.49. The van der Waals surface area contributed by atoms with Crippen LogP contribution < -0.4 is 10.2 Å². The lowest BCUT2D eigenvalue weighted by molar-refractivity contribution is 0.208. The van der Waals surface area contributed by atoms with Crippen LogP contribution in [0.1, 0.15) is 30.2 Å². The summed E-state index contributed by atoms with van der Waals surface area (Å²) in [5.41, 5.74) is 3.05. The van der Waals surface area contributed by atoms with Gasteiger partial charge in [0, 0.05) is 49.0 Å². The Labute approximate surface area is 179 Å². The molecule has 2 amide bonds. The summed E-state index contributed by atoms with van der Waals surface area (Å²) >= 11 is 0. The highest BCUT2D eigenvalue weighted by atomic mass is 19.1. The van der Waals surface area contributed by atoms with E-state index in [2.05, 4.69) is 20.4 Å². The van der Waals surface area contributed by atoms with Crippen molar-refractivity contribution in [1.29, 1.82) is 0 Å². The molecule has 0 unspecified atom stereocenters. The minimum atomic E-state index is -0.323. The smallest absolute Gasteiger partial charge is 0.321 e. The number of benzene rings is 2. The van der Waals surface area contributed by atoms with Crippen molar-refractivity contribution in [2.24, 2.45) is 0 Å². The SMILES string of the molecule is Cc1ccc(NC(=O)N2CCN(c3ccc(-c4noc(C5CC5)n4)cc3)CC2)cc1F. The van der Waals surface area contributed by atoms with E-state index in [1.807, 2.05) is 24.3 Å². The first-order valence-electron chi connectivity index (χ1n) is 10.6. The number of hydrogen-bond donors (Lipinski definition) is 1. The lowest BCUT2D eigenvalue weighted by Crippen LogP contribution is -2.50. The molecule has 1 saturated carbocycles. The van der Waals surface area contributed by atoms with Crippen LogP contribution in [-0.4, -0.2) is 47.3 Å². The number of urea groups is 1. The van der Waals surface area contributed by atoms with Crippen molar-refractivity contribution in [2.45, 2.75) is 25.7 Å². The summed E-state index contributed by atoms with van der Waals surface area (Å²) in [4.78, 5) is 21.0. The molecule has 2 fully saturated rings. The zero-order valence-electron chi connectivity index (χ0n) is 17.3. The van der Waals surface area contributed by atoms with Gasteiger partial charge >= 0.3 is 6.03 Å².